The van der Waals surface area contributed by atoms with Crippen LogP contribution >= 0.6 is 0 Å². The fraction of sp³-hybridized carbons (Fsp3) is 0.425. The summed E-state index contributed by atoms with van der Waals surface area (Å²) in [5.74, 6) is 7.57. The van der Waals surface area contributed by atoms with Crippen molar-refractivity contribution in [3.63, 3.8) is 0 Å². The molecule has 0 aliphatic carbocycles. The number of fused-ring (bicyclic) bond motifs is 2. The molecule has 8 rings (SSSR count). The highest BCUT2D eigenvalue weighted by Gasteiger charge is 2.28. The molecule has 7 aromatic rings. The summed E-state index contributed by atoms with van der Waals surface area (Å²) in [5.41, 5.74) is 20.0. The van der Waals surface area contributed by atoms with Gasteiger partial charge in [0.25, 0.3) is 11.1 Å². The van der Waals surface area contributed by atoms with Gasteiger partial charge in [0.1, 0.15) is 50.4 Å². The van der Waals surface area contributed by atoms with Gasteiger partial charge in [0, 0.05) is 100 Å². The molecule has 2 unspecified atom stereocenters. The number of benzene rings is 2. The van der Waals surface area contributed by atoms with E-state index in [1.54, 1.807) is 0 Å². The lowest BCUT2D eigenvalue weighted by molar-refractivity contribution is -0.144. The molecule has 1 aliphatic heterocycles. The highest BCUT2D eigenvalue weighted by molar-refractivity contribution is 5.91. The van der Waals surface area contributed by atoms with Crippen LogP contribution in [-0.4, -0.2) is 202 Å². The van der Waals surface area contributed by atoms with E-state index in [9.17, 15) is 67.4 Å². The van der Waals surface area contributed by atoms with Gasteiger partial charge in [-0.05, 0) is 102 Å². The highest BCUT2D eigenvalue weighted by atomic mass is 16.4. The number of carboxylic acids is 1. The van der Waals surface area contributed by atoms with Crippen LogP contribution in [0, 0.1) is 50.4 Å². The molecular formula is C73H87N19O14. The van der Waals surface area contributed by atoms with E-state index in [0.29, 0.717) is 19.3 Å². The number of rotatable bonds is 39. The van der Waals surface area contributed by atoms with Crippen molar-refractivity contribution in [3.05, 3.63) is 145 Å². The number of imidazole rings is 2. The van der Waals surface area contributed by atoms with Crippen molar-refractivity contribution in [1.29, 1.82) is 0 Å². The Morgan fingerprint density at radius 2 is 1.05 bits per heavy atom. The molecule has 558 valence electrons. The zero-order valence-corrected chi connectivity index (χ0v) is 59.4. The average molecular weight is 1450 g/mol. The van der Waals surface area contributed by atoms with Gasteiger partial charge in [0.2, 0.25) is 29.6 Å². The van der Waals surface area contributed by atoms with Gasteiger partial charge in [-0.2, -0.15) is 4.98 Å². The number of carbonyl (C=O) groups excluding carboxylic acids is 9. The van der Waals surface area contributed by atoms with Crippen LogP contribution < -0.4 is 39.3 Å². The molecular weight excluding hydrogens is 1370 g/mol. The standard InChI is InChI=1S/C73H87N19O14/c1-48-22-26-52(27-23-48)13-5-4-12-51(14-6-15-53-28-24-49(2)25-29-53)16-7-17-54(93)18-8-31-85(59(97)40-89-35-30-58(74)81-72(89)105)37-55(94)19-9-32-86(61(99)42-91-46-79-64-66(75)77-45-78-67(64)91)38-56(95)20-10-33-87(62(100)43-92-47-80-65-68(92)82-71(76)83-70(65)104)39-57(96)21-11-34-88(44-63(101)102)60(98)41-90-36-50(3)69(103)84-73(90)106/h22-30,35-36,45-47,51,58H,4,7-12,14,16-21,31-34,37-44,74H2,1-3H3,(H,81,105)(H,101,102)(H2,75,77,78)(H,84,103,106)(H3,76,82,83,104). The Morgan fingerprint density at radius 3 is 1.59 bits per heavy atom. The zero-order valence-electron chi connectivity index (χ0n) is 59.4. The number of nitrogen functional groups attached to an aromatic ring is 2. The Labute approximate surface area is 609 Å². The Bertz CT molecular complexity index is 4720. The van der Waals surface area contributed by atoms with Crippen molar-refractivity contribution in [2.24, 2.45) is 11.7 Å². The van der Waals surface area contributed by atoms with Crippen LogP contribution in [-0.2, 0) is 62.8 Å². The fourth-order valence-corrected chi connectivity index (χ4v) is 11.6. The molecule has 5 aromatic heterocycles. The van der Waals surface area contributed by atoms with E-state index in [0.717, 1.165) is 60.6 Å². The molecule has 2 aromatic carbocycles. The first-order valence-corrected chi connectivity index (χ1v) is 34.7. The summed E-state index contributed by atoms with van der Waals surface area (Å²) < 4.78 is 3.57. The van der Waals surface area contributed by atoms with E-state index >= 15 is 0 Å². The third-order valence-corrected chi connectivity index (χ3v) is 17.4. The Kier molecular flexibility index (Phi) is 29.1. The molecule has 0 fully saturated rings. The van der Waals surface area contributed by atoms with E-state index in [1.807, 2.05) is 62.4 Å². The summed E-state index contributed by atoms with van der Waals surface area (Å²) in [4.78, 5) is 204. The van der Waals surface area contributed by atoms with Crippen LogP contribution in [0.4, 0.5) is 16.6 Å². The Balaban J connectivity index is 0.902. The number of nitrogens with two attached hydrogens (primary N) is 3. The molecule has 1 aliphatic rings. The van der Waals surface area contributed by atoms with Crippen LogP contribution in [0.15, 0.2) is 100 Å². The molecule has 10 N–H and O–H groups in total. The van der Waals surface area contributed by atoms with Crippen molar-refractivity contribution in [3.8, 4) is 23.7 Å². The van der Waals surface area contributed by atoms with E-state index in [-0.39, 0.29) is 142 Å². The predicted octanol–water partition coefficient (Wildman–Crippen LogP) is 2.28. The quantitative estimate of drug-likeness (QED) is 0.0272. The first-order valence-electron chi connectivity index (χ1n) is 34.7. The van der Waals surface area contributed by atoms with Crippen LogP contribution in [0.2, 0.25) is 0 Å². The molecule has 33 nitrogen and oxygen atoms in total. The number of hydrogen-bond acceptors (Lipinski definition) is 21. The van der Waals surface area contributed by atoms with Gasteiger partial charge in [0.05, 0.1) is 38.5 Å². The SMILES string of the molecule is Cc1ccc(C#CCCC(CC#Cc2ccc(C)cc2)CCCC(=O)CCCN(CC(=O)CCCN(CC(=O)CCCN(CC(=O)CCCN(CC(=O)O)C(=O)Cn2cc(C)c(=O)[nH]c2=O)C(=O)Cn2cnc3c(=O)[nH]c(N)nc32)C(=O)Cn2cnc3c(N)ncnc32)C(=O)CN2C=CC(N)NC2=O)cc1. The number of Topliss-reactive ketones (excluding diaryl/α,β-unsaturated/α-hetero) is 4. The second-order valence-corrected chi connectivity index (χ2v) is 26.0. The van der Waals surface area contributed by atoms with Gasteiger partial charge in [0.15, 0.2) is 40.0 Å². The van der Waals surface area contributed by atoms with Crippen molar-refractivity contribution in [1.82, 2.24) is 78.4 Å². The number of amides is 6. The molecule has 0 bridgehead atoms. The molecule has 0 saturated heterocycles. The third-order valence-electron chi connectivity index (χ3n) is 17.4. The molecule has 0 spiro atoms. The molecule has 6 heterocycles. The van der Waals surface area contributed by atoms with Gasteiger partial charge in [-0.15, -0.1) is 0 Å². The summed E-state index contributed by atoms with van der Waals surface area (Å²) in [6.45, 7) is 0.619. The van der Waals surface area contributed by atoms with E-state index in [4.69, 9.17) is 17.2 Å². The number of aliphatic carboxylic acids is 1. The second-order valence-electron chi connectivity index (χ2n) is 26.0. The summed E-state index contributed by atoms with van der Waals surface area (Å²) in [6.07, 6.45) is 10.1. The number of aromatic amines is 2. The predicted molar refractivity (Wildman–Crippen MR) is 389 cm³/mol. The number of nitrogens with zero attached hydrogens (tertiary/aromatic N) is 13. The number of aryl methyl sites for hydroxylation is 3. The summed E-state index contributed by atoms with van der Waals surface area (Å²) in [7, 11) is 0. The highest BCUT2D eigenvalue weighted by Crippen LogP contribution is 2.21. The maximum Gasteiger partial charge on any atom is 0.328 e. The normalized spacial score (nSPS) is 12.7. The molecule has 2 atom stereocenters. The van der Waals surface area contributed by atoms with E-state index < -0.39 is 122 Å². The maximum atomic E-state index is 14.4. The van der Waals surface area contributed by atoms with Crippen LogP contribution in [0.1, 0.15) is 118 Å². The summed E-state index contributed by atoms with van der Waals surface area (Å²) >= 11 is 0. The number of nitrogens with one attached hydrogen (secondary N) is 3. The van der Waals surface area contributed by atoms with E-state index in [1.165, 1.54) is 57.1 Å². The Hall–Kier alpha value is -12.3. The minimum absolute atomic E-state index is 0.00189. The summed E-state index contributed by atoms with van der Waals surface area (Å²) in [5, 5.41) is 12.2. The van der Waals surface area contributed by atoms with Gasteiger partial charge >= 0.3 is 17.7 Å². The largest absolute Gasteiger partial charge is 0.480 e. The smallest absolute Gasteiger partial charge is 0.328 e. The minimum atomic E-state index is -1.38. The fourth-order valence-electron chi connectivity index (χ4n) is 11.6. The van der Waals surface area contributed by atoms with Crippen molar-refractivity contribution >= 4 is 92.9 Å². The van der Waals surface area contributed by atoms with Gasteiger partial charge in [-0.25, -0.2) is 29.5 Å². The monoisotopic (exact) mass is 1450 g/mol. The lowest BCUT2D eigenvalue weighted by atomic mass is 9.92. The van der Waals surface area contributed by atoms with Gasteiger partial charge < -0.3 is 56.4 Å². The van der Waals surface area contributed by atoms with Crippen LogP contribution in [0.5, 0.6) is 0 Å². The number of anilines is 2. The number of aromatic nitrogens is 10. The van der Waals surface area contributed by atoms with Crippen molar-refractivity contribution in [2.45, 2.75) is 136 Å². The number of ketones is 4. The third kappa shape index (κ3) is 24.5. The zero-order chi connectivity index (χ0) is 76.4. The molecule has 106 heavy (non-hydrogen) atoms. The number of carbonyl (C=O) groups is 10. The Morgan fingerprint density at radius 1 is 0.557 bits per heavy atom. The van der Waals surface area contributed by atoms with Gasteiger partial charge in [-0.1, -0.05) is 59.1 Å². The number of urea groups is 1. The molecule has 0 saturated carbocycles. The first-order chi connectivity index (χ1) is 50.7. The molecule has 6 amide bonds. The van der Waals surface area contributed by atoms with Crippen LogP contribution in [0.25, 0.3) is 22.3 Å². The minimum Gasteiger partial charge on any atom is -0.480 e. The number of hydrogen-bond donors (Lipinski definition) is 7. The first kappa shape index (κ1) is 79.4. The average Bonchev–Trinajstić information content (AvgIpc) is 1.66. The van der Waals surface area contributed by atoms with Gasteiger partial charge in [-0.3, -0.25) is 72.2 Å². The number of carboxylic acid groups (broad SMARTS) is 1. The lowest BCUT2D eigenvalue weighted by Crippen LogP contribution is -2.52. The second kappa shape index (κ2) is 38.9. The maximum absolute atomic E-state index is 14.4. The van der Waals surface area contributed by atoms with Crippen molar-refractivity contribution < 1.29 is 53.1 Å². The summed E-state index contributed by atoms with van der Waals surface area (Å²) in [6, 6.07) is 15.4. The van der Waals surface area contributed by atoms with E-state index in [2.05, 4.69) is 63.9 Å². The topological polar surface area (TPSA) is 459 Å². The number of H-pyrrole nitrogens is 2. The molecule has 0 radical (unpaired) electrons. The van der Waals surface area contributed by atoms with Crippen molar-refractivity contribution in [2.75, 3.05) is 70.4 Å². The van der Waals surface area contributed by atoms with Crippen LogP contribution in [0.3, 0.4) is 0 Å². The lowest BCUT2D eigenvalue weighted by Gasteiger charge is -2.28. The molecule has 33 heteroatoms.